The van der Waals surface area contributed by atoms with E-state index in [9.17, 15) is 20.1 Å². The molecule has 1 aliphatic carbocycles. The van der Waals surface area contributed by atoms with Crippen molar-refractivity contribution in [1.29, 1.82) is 0 Å². The number of hydrogen-bond donors (Lipinski definition) is 3. The highest BCUT2D eigenvalue weighted by molar-refractivity contribution is 5.86. The van der Waals surface area contributed by atoms with Crippen molar-refractivity contribution in [2.24, 2.45) is 0 Å². The lowest BCUT2D eigenvalue weighted by molar-refractivity contribution is -0.257. The van der Waals surface area contributed by atoms with Gasteiger partial charge in [-0.05, 0) is 33.6 Å². The largest absolute Gasteiger partial charge is 0.393 e. The van der Waals surface area contributed by atoms with E-state index in [1.54, 1.807) is 6.92 Å². The van der Waals surface area contributed by atoms with Crippen LogP contribution in [0.2, 0.25) is 0 Å². The zero-order chi connectivity index (χ0) is 16.8. The Morgan fingerprint density at radius 3 is 2.59 bits per heavy atom. The van der Waals surface area contributed by atoms with Crippen LogP contribution in [0.15, 0.2) is 11.6 Å². The standard InChI is InChI=1S/C16H26O6/c1-10(2)5-6-12-14(3,22-12)16(20)13(21-4)11(18)7-8-15(16,19)9-17/h5,12-13,17,19-20H,6-9H2,1-4H3. The summed E-state index contributed by atoms with van der Waals surface area (Å²) >= 11 is 0. The summed E-state index contributed by atoms with van der Waals surface area (Å²) in [5, 5.41) is 31.7. The topological polar surface area (TPSA) is 99.5 Å². The molecule has 0 aromatic heterocycles. The maximum Gasteiger partial charge on any atom is 0.164 e. The monoisotopic (exact) mass is 314 g/mol. The second kappa shape index (κ2) is 5.69. The van der Waals surface area contributed by atoms with E-state index in [1.165, 1.54) is 7.11 Å². The summed E-state index contributed by atoms with van der Waals surface area (Å²) in [7, 11) is 1.31. The Morgan fingerprint density at radius 2 is 2.09 bits per heavy atom. The number of allylic oxidation sites excluding steroid dienone is 1. The van der Waals surface area contributed by atoms with Crippen LogP contribution in [0.4, 0.5) is 0 Å². The van der Waals surface area contributed by atoms with Crippen LogP contribution < -0.4 is 0 Å². The summed E-state index contributed by atoms with van der Waals surface area (Å²) in [6, 6.07) is 0. The van der Waals surface area contributed by atoms with E-state index in [0.717, 1.165) is 5.57 Å². The van der Waals surface area contributed by atoms with E-state index < -0.39 is 29.5 Å². The number of carbonyl (C=O) groups is 1. The van der Waals surface area contributed by atoms with Crippen LogP contribution in [-0.4, -0.2) is 63.8 Å². The predicted octanol–water partition coefficient (Wildman–Crippen LogP) is 0.333. The first-order valence-corrected chi connectivity index (χ1v) is 7.58. The lowest BCUT2D eigenvalue weighted by Crippen LogP contribution is -2.74. The van der Waals surface area contributed by atoms with Crippen LogP contribution in [0.5, 0.6) is 0 Å². The summed E-state index contributed by atoms with van der Waals surface area (Å²) in [6.07, 6.45) is 1.01. The number of carbonyl (C=O) groups excluding carboxylic acids is 1. The molecule has 2 rings (SSSR count). The molecule has 0 bridgehead atoms. The normalized spacial score (nSPS) is 44.8. The molecule has 0 spiro atoms. The van der Waals surface area contributed by atoms with Gasteiger partial charge < -0.3 is 24.8 Å². The molecular formula is C16H26O6. The molecule has 2 fully saturated rings. The molecule has 1 heterocycles. The summed E-state index contributed by atoms with van der Waals surface area (Å²) in [4.78, 5) is 12.1. The number of ketones is 1. The first-order valence-electron chi connectivity index (χ1n) is 7.58. The minimum Gasteiger partial charge on any atom is -0.393 e. The van der Waals surface area contributed by atoms with Gasteiger partial charge in [0.25, 0.3) is 0 Å². The van der Waals surface area contributed by atoms with E-state index in [-0.39, 0.29) is 24.7 Å². The molecule has 1 saturated carbocycles. The van der Waals surface area contributed by atoms with Crippen molar-refractivity contribution in [2.75, 3.05) is 13.7 Å². The van der Waals surface area contributed by atoms with Gasteiger partial charge in [0.15, 0.2) is 11.4 Å². The third kappa shape index (κ3) is 2.34. The SMILES string of the molecule is COC1C(=O)CCC(O)(CO)C1(O)C1(C)OC1CC=C(C)C. The molecule has 22 heavy (non-hydrogen) atoms. The predicted molar refractivity (Wildman–Crippen MR) is 79.3 cm³/mol. The van der Waals surface area contributed by atoms with Gasteiger partial charge in [0.2, 0.25) is 0 Å². The molecule has 1 aliphatic heterocycles. The van der Waals surface area contributed by atoms with Gasteiger partial charge >= 0.3 is 0 Å². The summed E-state index contributed by atoms with van der Waals surface area (Å²) in [5.74, 6) is -0.291. The molecule has 0 amide bonds. The Balaban J connectivity index is 2.38. The van der Waals surface area contributed by atoms with Gasteiger partial charge in [-0.1, -0.05) is 11.6 Å². The lowest BCUT2D eigenvalue weighted by Gasteiger charge is -2.51. The smallest absolute Gasteiger partial charge is 0.164 e. The van der Waals surface area contributed by atoms with Gasteiger partial charge in [0.05, 0.1) is 12.7 Å². The molecule has 0 radical (unpaired) electrons. The fourth-order valence-electron chi connectivity index (χ4n) is 3.57. The molecule has 126 valence electrons. The fourth-order valence-corrected chi connectivity index (χ4v) is 3.57. The highest BCUT2D eigenvalue weighted by atomic mass is 16.6. The third-order valence-corrected chi connectivity index (χ3v) is 5.10. The molecule has 1 saturated heterocycles. The van der Waals surface area contributed by atoms with Crippen LogP contribution in [0.1, 0.15) is 40.0 Å². The van der Waals surface area contributed by atoms with Crippen LogP contribution in [0.3, 0.4) is 0 Å². The number of rotatable bonds is 5. The molecule has 2 aliphatic rings. The molecule has 5 atom stereocenters. The van der Waals surface area contributed by atoms with Gasteiger partial charge in [0, 0.05) is 13.5 Å². The third-order valence-electron chi connectivity index (χ3n) is 5.10. The van der Waals surface area contributed by atoms with Crippen molar-refractivity contribution in [2.45, 2.75) is 69.0 Å². The highest BCUT2D eigenvalue weighted by Crippen LogP contribution is 2.56. The minimum atomic E-state index is -1.99. The van der Waals surface area contributed by atoms with Gasteiger partial charge in [-0.25, -0.2) is 0 Å². The van der Waals surface area contributed by atoms with Crippen molar-refractivity contribution < 1.29 is 29.6 Å². The summed E-state index contributed by atoms with van der Waals surface area (Å²) < 4.78 is 10.9. The number of methoxy groups -OCH3 is 1. The van der Waals surface area contributed by atoms with Crippen molar-refractivity contribution in [3.05, 3.63) is 11.6 Å². The average Bonchev–Trinajstić information content (AvgIpc) is 3.14. The maximum atomic E-state index is 12.1. The number of aliphatic hydroxyl groups excluding tert-OH is 1. The average molecular weight is 314 g/mol. The molecule has 3 N–H and O–H groups in total. The Bertz CT molecular complexity index is 485. The van der Waals surface area contributed by atoms with E-state index in [4.69, 9.17) is 9.47 Å². The summed E-state index contributed by atoms with van der Waals surface area (Å²) in [5.41, 5.74) is -3.85. The van der Waals surface area contributed by atoms with Crippen LogP contribution in [0.25, 0.3) is 0 Å². The summed E-state index contributed by atoms with van der Waals surface area (Å²) in [6.45, 7) is 4.91. The Morgan fingerprint density at radius 1 is 1.45 bits per heavy atom. The van der Waals surface area contributed by atoms with Gasteiger partial charge in [-0.3, -0.25) is 4.79 Å². The first-order chi connectivity index (χ1) is 10.2. The molecule has 0 aromatic carbocycles. The number of Topliss-reactive ketones (excluding diaryl/α,β-unsaturated/α-hetero) is 1. The minimum absolute atomic E-state index is 0.0208. The quantitative estimate of drug-likeness (QED) is 0.500. The van der Waals surface area contributed by atoms with Crippen molar-refractivity contribution >= 4 is 5.78 Å². The van der Waals surface area contributed by atoms with Gasteiger partial charge in [-0.2, -0.15) is 0 Å². The number of ether oxygens (including phenoxy) is 2. The van der Waals surface area contributed by atoms with Crippen LogP contribution >= 0.6 is 0 Å². The second-order valence-corrected chi connectivity index (χ2v) is 6.77. The van der Waals surface area contributed by atoms with E-state index in [1.807, 2.05) is 19.9 Å². The number of aliphatic hydroxyl groups is 3. The fraction of sp³-hybridized carbons (Fsp3) is 0.812. The Hall–Kier alpha value is -0.790. The zero-order valence-electron chi connectivity index (χ0n) is 13.6. The highest BCUT2D eigenvalue weighted by Gasteiger charge is 2.77. The molecule has 6 heteroatoms. The zero-order valence-corrected chi connectivity index (χ0v) is 13.6. The molecular weight excluding hydrogens is 288 g/mol. The van der Waals surface area contributed by atoms with E-state index in [0.29, 0.717) is 6.42 Å². The van der Waals surface area contributed by atoms with Crippen molar-refractivity contribution in [3.8, 4) is 0 Å². The molecule has 6 nitrogen and oxygen atoms in total. The van der Waals surface area contributed by atoms with Crippen LogP contribution in [0, 0.1) is 0 Å². The Labute approximate surface area is 130 Å². The van der Waals surface area contributed by atoms with Gasteiger partial charge in [-0.15, -0.1) is 0 Å². The van der Waals surface area contributed by atoms with E-state index >= 15 is 0 Å². The Kier molecular flexibility index (Phi) is 4.54. The molecule has 5 unspecified atom stereocenters. The van der Waals surface area contributed by atoms with Crippen LogP contribution in [-0.2, 0) is 14.3 Å². The van der Waals surface area contributed by atoms with Crippen molar-refractivity contribution in [1.82, 2.24) is 0 Å². The van der Waals surface area contributed by atoms with Gasteiger partial charge in [0.1, 0.15) is 17.3 Å². The lowest BCUT2D eigenvalue weighted by atomic mass is 9.62. The van der Waals surface area contributed by atoms with Crippen molar-refractivity contribution in [3.63, 3.8) is 0 Å². The molecule has 0 aromatic rings. The first kappa shape index (κ1) is 17.6. The second-order valence-electron chi connectivity index (χ2n) is 6.77. The maximum absolute atomic E-state index is 12.1. The number of hydrogen-bond acceptors (Lipinski definition) is 6. The van der Waals surface area contributed by atoms with E-state index in [2.05, 4.69) is 0 Å². The number of epoxide rings is 1.